The summed E-state index contributed by atoms with van der Waals surface area (Å²) in [4.78, 5) is 1.69. The molecule has 1 unspecified atom stereocenters. The summed E-state index contributed by atoms with van der Waals surface area (Å²) in [6.45, 7) is 6.18. The summed E-state index contributed by atoms with van der Waals surface area (Å²) < 4.78 is 0. The van der Waals surface area contributed by atoms with Gasteiger partial charge >= 0.3 is 0 Å². The van der Waals surface area contributed by atoms with E-state index in [9.17, 15) is 5.11 Å². The molecule has 0 amide bonds. The van der Waals surface area contributed by atoms with Crippen LogP contribution in [0.2, 0.25) is 0 Å². The van der Waals surface area contributed by atoms with Crippen molar-refractivity contribution in [3.05, 3.63) is 107 Å². The molecule has 0 aliphatic heterocycles. The molecule has 1 heterocycles. The minimum atomic E-state index is 0.118. The highest BCUT2D eigenvalue weighted by atomic mass is 16.3. The Bertz CT molecular complexity index is 1380. The monoisotopic (exact) mass is 419 g/mol. The summed E-state index contributed by atoms with van der Waals surface area (Å²) in [7, 11) is 0. The van der Waals surface area contributed by atoms with Gasteiger partial charge in [0, 0.05) is 11.5 Å². The third-order valence-corrected chi connectivity index (χ3v) is 6.18. The Hall–Kier alpha value is -3.92. The number of rotatable bonds is 4. The minimum absolute atomic E-state index is 0.118. The molecule has 0 radical (unpaired) electrons. The van der Waals surface area contributed by atoms with Crippen molar-refractivity contribution in [3.8, 4) is 22.6 Å². The molecule has 1 N–H and O–H groups in total. The quantitative estimate of drug-likeness (QED) is 0.359. The van der Waals surface area contributed by atoms with Crippen molar-refractivity contribution in [3.63, 3.8) is 0 Å². The number of aromatic hydroxyl groups is 1. The predicted molar refractivity (Wildman–Crippen MR) is 129 cm³/mol. The van der Waals surface area contributed by atoms with E-state index in [0.29, 0.717) is 5.75 Å². The summed E-state index contributed by atoms with van der Waals surface area (Å²) >= 11 is 0. The van der Waals surface area contributed by atoms with Crippen LogP contribution in [0, 0.1) is 13.8 Å². The van der Waals surface area contributed by atoms with Gasteiger partial charge in [-0.15, -0.1) is 10.2 Å². The van der Waals surface area contributed by atoms with Gasteiger partial charge in [0.25, 0.3) is 0 Å². The average molecular weight is 420 g/mol. The highest BCUT2D eigenvalue weighted by Crippen LogP contribution is 2.34. The standard InChI is InChI=1S/C28H25N3O/c1-18-7-6-8-25(28(18)32)20(3)21-11-13-22(14-12-21)24-16-15-23(17-19(24)2)31-29-26-9-4-5-10-27(26)30-31/h4-17,20,32H,1-3H3. The molecule has 0 saturated carbocycles. The fourth-order valence-corrected chi connectivity index (χ4v) is 4.23. The van der Waals surface area contributed by atoms with E-state index in [0.717, 1.165) is 33.4 Å². The van der Waals surface area contributed by atoms with Crippen molar-refractivity contribution in [2.24, 2.45) is 0 Å². The lowest BCUT2D eigenvalue weighted by molar-refractivity contribution is 0.462. The third-order valence-electron chi connectivity index (χ3n) is 6.18. The molecular weight excluding hydrogens is 394 g/mol. The van der Waals surface area contributed by atoms with E-state index < -0.39 is 0 Å². The second kappa shape index (κ2) is 7.97. The number of benzene rings is 4. The molecule has 0 spiro atoms. The molecule has 0 fully saturated rings. The smallest absolute Gasteiger partial charge is 0.122 e. The van der Waals surface area contributed by atoms with Crippen molar-refractivity contribution in [2.45, 2.75) is 26.7 Å². The van der Waals surface area contributed by atoms with Gasteiger partial charge in [-0.1, -0.05) is 67.6 Å². The van der Waals surface area contributed by atoms with Crippen LogP contribution in [0.4, 0.5) is 0 Å². The van der Waals surface area contributed by atoms with Crippen molar-refractivity contribution in [2.75, 3.05) is 0 Å². The summed E-state index contributed by atoms with van der Waals surface area (Å²) in [5.74, 6) is 0.503. The highest BCUT2D eigenvalue weighted by molar-refractivity contribution is 5.74. The summed E-state index contributed by atoms with van der Waals surface area (Å²) in [5, 5.41) is 19.6. The van der Waals surface area contributed by atoms with E-state index in [1.165, 1.54) is 16.7 Å². The first kappa shape index (κ1) is 20.0. The number of aromatic nitrogens is 3. The normalized spacial score (nSPS) is 12.2. The van der Waals surface area contributed by atoms with Gasteiger partial charge in [-0.3, -0.25) is 0 Å². The molecular formula is C28H25N3O. The first-order valence-corrected chi connectivity index (χ1v) is 10.8. The second-order valence-corrected chi connectivity index (χ2v) is 8.33. The zero-order valence-corrected chi connectivity index (χ0v) is 18.4. The number of para-hydroxylation sites is 1. The number of hydrogen-bond donors (Lipinski definition) is 1. The van der Waals surface area contributed by atoms with Crippen molar-refractivity contribution >= 4 is 11.0 Å². The highest BCUT2D eigenvalue weighted by Gasteiger charge is 2.14. The van der Waals surface area contributed by atoms with E-state index in [2.05, 4.69) is 66.5 Å². The molecule has 0 aliphatic carbocycles. The van der Waals surface area contributed by atoms with E-state index >= 15 is 0 Å². The van der Waals surface area contributed by atoms with Crippen LogP contribution in [0.3, 0.4) is 0 Å². The van der Waals surface area contributed by atoms with Crippen molar-refractivity contribution in [1.29, 1.82) is 0 Å². The van der Waals surface area contributed by atoms with Crippen LogP contribution < -0.4 is 0 Å². The molecule has 4 heteroatoms. The first-order chi connectivity index (χ1) is 15.5. The molecule has 4 aromatic carbocycles. The maximum absolute atomic E-state index is 10.5. The van der Waals surface area contributed by atoms with Crippen LogP contribution in [0.1, 0.15) is 35.1 Å². The Morgan fingerprint density at radius 3 is 2.09 bits per heavy atom. The second-order valence-electron chi connectivity index (χ2n) is 8.33. The Labute approximate surface area is 187 Å². The molecule has 4 nitrogen and oxygen atoms in total. The Morgan fingerprint density at radius 1 is 0.750 bits per heavy atom. The van der Waals surface area contributed by atoms with Gasteiger partial charge in [0.05, 0.1) is 5.69 Å². The molecule has 1 atom stereocenters. The van der Waals surface area contributed by atoms with Crippen LogP contribution in [-0.2, 0) is 0 Å². The van der Waals surface area contributed by atoms with Gasteiger partial charge in [-0.25, -0.2) is 0 Å². The topological polar surface area (TPSA) is 50.9 Å². The maximum Gasteiger partial charge on any atom is 0.122 e. The molecule has 5 rings (SSSR count). The fourth-order valence-electron chi connectivity index (χ4n) is 4.23. The molecule has 158 valence electrons. The van der Waals surface area contributed by atoms with E-state index in [1.54, 1.807) is 4.80 Å². The van der Waals surface area contributed by atoms with E-state index in [-0.39, 0.29) is 5.92 Å². The zero-order valence-electron chi connectivity index (χ0n) is 18.4. The predicted octanol–water partition coefficient (Wildman–Crippen LogP) is 6.56. The van der Waals surface area contributed by atoms with Crippen molar-refractivity contribution in [1.82, 2.24) is 15.0 Å². The lowest BCUT2D eigenvalue weighted by Gasteiger charge is -2.16. The SMILES string of the molecule is Cc1cc(-n2nc3ccccc3n2)ccc1-c1ccc(C(C)c2cccc(C)c2O)cc1. The lowest BCUT2D eigenvalue weighted by Crippen LogP contribution is -2.00. The van der Waals surface area contributed by atoms with Gasteiger partial charge in [0.1, 0.15) is 16.8 Å². The van der Waals surface area contributed by atoms with Crippen molar-refractivity contribution < 1.29 is 5.11 Å². The molecule has 32 heavy (non-hydrogen) atoms. The number of aryl methyl sites for hydroxylation is 2. The fraction of sp³-hybridized carbons (Fsp3) is 0.143. The molecule has 0 aliphatic rings. The van der Waals surface area contributed by atoms with Crippen LogP contribution >= 0.6 is 0 Å². The number of phenols is 1. The third kappa shape index (κ3) is 3.54. The molecule has 0 bridgehead atoms. The van der Waals surface area contributed by atoms with Gasteiger partial charge in [0.15, 0.2) is 0 Å². The number of phenolic OH excluding ortho intramolecular Hbond substituents is 1. The number of fused-ring (bicyclic) bond motifs is 1. The Balaban J connectivity index is 1.43. The van der Waals surface area contributed by atoms with Crippen LogP contribution in [0.15, 0.2) is 84.9 Å². The minimum Gasteiger partial charge on any atom is -0.507 e. The summed E-state index contributed by atoms with van der Waals surface area (Å²) in [5.41, 5.74) is 9.27. The van der Waals surface area contributed by atoms with Crippen LogP contribution in [0.25, 0.3) is 27.8 Å². The van der Waals surface area contributed by atoms with Gasteiger partial charge in [0.2, 0.25) is 0 Å². The molecule has 5 aromatic rings. The lowest BCUT2D eigenvalue weighted by atomic mass is 9.89. The van der Waals surface area contributed by atoms with Crippen LogP contribution in [0.5, 0.6) is 5.75 Å². The van der Waals surface area contributed by atoms with Gasteiger partial charge in [-0.2, -0.15) is 4.80 Å². The first-order valence-electron chi connectivity index (χ1n) is 10.8. The number of nitrogens with zero attached hydrogens (tertiary/aromatic N) is 3. The van der Waals surface area contributed by atoms with Gasteiger partial charge in [-0.05, 0) is 65.9 Å². The molecule has 1 aromatic heterocycles. The Morgan fingerprint density at radius 2 is 1.44 bits per heavy atom. The summed E-state index contributed by atoms with van der Waals surface area (Å²) in [6.07, 6.45) is 0. The number of hydrogen-bond acceptors (Lipinski definition) is 3. The average Bonchev–Trinajstić information content (AvgIpc) is 3.25. The van der Waals surface area contributed by atoms with Gasteiger partial charge < -0.3 is 5.11 Å². The summed E-state index contributed by atoms with van der Waals surface area (Å²) in [6, 6.07) is 28.7. The zero-order chi connectivity index (χ0) is 22.2. The van der Waals surface area contributed by atoms with Crippen LogP contribution in [-0.4, -0.2) is 20.1 Å². The Kier molecular flexibility index (Phi) is 4.98. The largest absolute Gasteiger partial charge is 0.507 e. The van der Waals surface area contributed by atoms with E-state index in [4.69, 9.17) is 0 Å². The molecule has 0 saturated heterocycles. The maximum atomic E-state index is 10.5. The van der Waals surface area contributed by atoms with E-state index in [1.807, 2.05) is 49.4 Å².